The molecule has 18 nitrogen and oxygen atoms in total. The molecule has 10 N–H and O–H groups in total. The number of nitrogens with zero attached hydrogens (tertiary/aromatic N) is 5. The molecule has 260 valence electrons. The van der Waals surface area contributed by atoms with E-state index in [0.717, 1.165) is 5.69 Å². The third kappa shape index (κ3) is 8.98. The minimum absolute atomic E-state index is 0.00225. The average molecular weight is 672 g/mol. The van der Waals surface area contributed by atoms with Gasteiger partial charge in [0.25, 0.3) is 5.91 Å². The maximum Gasteiger partial charge on any atom is 0.329 e. The fourth-order valence-electron chi connectivity index (χ4n) is 4.91. The molecule has 0 aliphatic carbocycles. The molecule has 3 unspecified atom stereocenters. The smallest absolute Gasteiger partial charge is 0.329 e. The van der Waals surface area contributed by atoms with Crippen molar-refractivity contribution in [2.24, 2.45) is 0 Å². The van der Waals surface area contributed by atoms with Crippen LogP contribution in [0.25, 0.3) is 11.2 Å². The number of nitrogens with one attached hydrogen (secondary N) is 2. The average Bonchev–Trinajstić information content (AvgIpc) is 3.02. The Morgan fingerprint density at radius 3 is 2.40 bits per heavy atom. The number of nitrogen functional groups attached to an aromatic ring is 2. The van der Waals surface area contributed by atoms with Gasteiger partial charge in [-0.05, 0) is 51.5 Å². The molecule has 1 aliphatic rings. The van der Waals surface area contributed by atoms with Crippen molar-refractivity contribution in [1.82, 2.24) is 30.6 Å². The predicted molar refractivity (Wildman–Crippen MR) is 171 cm³/mol. The van der Waals surface area contributed by atoms with Gasteiger partial charge in [-0.1, -0.05) is 0 Å². The molecule has 0 radical (unpaired) electrons. The third-order valence-corrected chi connectivity index (χ3v) is 7.36. The third-order valence-electron chi connectivity index (χ3n) is 7.36. The first-order chi connectivity index (χ1) is 22.6. The maximum absolute atomic E-state index is 13.2. The summed E-state index contributed by atoms with van der Waals surface area (Å²) >= 11 is 0. The number of aliphatic hydroxyl groups excluding tert-OH is 4. The summed E-state index contributed by atoms with van der Waals surface area (Å²) in [5.41, 5.74) is 12.8. The summed E-state index contributed by atoms with van der Waals surface area (Å²) in [5.74, 6) is -1.96. The van der Waals surface area contributed by atoms with E-state index in [0.29, 0.717) is 17.8 Å². The highest BCUT2D eigenvalue weighted by Gasteiger charge is 2.44. The van der Waals surface area contributed by atoms with Gasteiger partial charge in [-0.15, -0.1) is 0 Å². The van der Waals surface area contributed by atoms with Crippen LogP contribution in [0.2, 0.25) is 0 Å². The van der Waals surface area contributed by atoms with E-state index in [1.807, 2.05) is 11.9 Å². The number of aromatic nitrogens is 4. The van der Waals surface area contributed by atoms with Crippen LogP contribution in [0.4, 0.5) is 17.5 Å². The number of esters is 1. The number of amides is 2. The fraction of sp³-hybridized carbons (Fsp3) is 0.500. The lowest BCUT2D eigenvalue weighted by atomic mass is 9.97. The Balaban J connectivity index is 1.39. The fourth-order valence-corrected chi connectivity index (χ4v) is 4.91. The van der Waals surface area contributed by atoms with Crippen LogP contribution in [-0.2, 0) is 25.6 Å². The van der Waals surface area contributed by atoms with E-state index in [-0.39, 0.29) is 35.8 Å². The number of anilines is 3. The number of hydrogen-bond donors (Lipinski definition) is 8. The lowest BCUT2D eigenvalue weighted by Crippen LogP contribution is -2.64. The molecular weight excluding hydrogens is 630 g/mol. The number of rotatable bonds is 11. The van der Waals surface area contributed by atoms with Crippen molar-refractivity contribution in [3.05, 3.63) is 41.7 Å². The molecule has 1 saturated heterocycles. The zero-order valence-electron chi connectivity index (χ0n) is 26.9. The second kappa shape index (κ2) is 15.0. The van der Waals surface area contributed by atoms with Crippen LogP contribution in [0.3, 0.4) is 0 Å². The van der Waals surface area contributed by atoms with E-state index < -0.39 is 66.7 Å². The van der Waals surface area contributed by atoms with Gasteiger partial charge in [0, 0.05) is 24.7 Å². The van der Waals surface area contributed by atoms with Crippen LogP contribution in [0, 0.1) is 0 Å². The summed E-state index contributed by atoms with van der Waals surface area (Å²) in [4.78, 5) is 57.5. The lowest BCUT2D eigenvalue weighted by Gasteiger charge is -2.40. The lowest BCUT2D eigenvalue weighted by molar-refractivity contribution is -0.253. The number of fused-ring (bicyclic) bond motifs is 1. The van der Waals surface area contributed by atoms with Crippen molar-refractivity contribution in [3.8, 4) is 0 Å². The number of carbonyl (C=O) groups excluding carboxylic acids is 3. The Kier molecular flexibility index (Phi) is 11.3. The van der Waals surface area contributed by atoms with Crippen molar-refractivity contribution in [3.63, 3.8) is 0 Å². The van der Waals surface area contributed by atoms with E-state index in [1.54, 1.807) is 51.2 Å². The van der Waals surface area contributed by atoms with Crippen molar-refractivity contribution in [2.75, 3.05) is 30.0 Å². The predicted octanol–water partition coefficient (Wildman–Crippen LogP) is -1.64. The standard InChI is InChI=1S/C30H41N9O9/c1-30(2,3)48-27(45)17(9-10-19(41)36-20-23(43)22(42)18(13-40)47-28(20)46)35-26(44)14-5-7-16(8-6-14)39(4)12-15-11-33-25-21(34-15)24(31)37-29(32)38-25/h5-8,11,17-18,20,22-23,28,40,42-43,46H,9-10,12-13H2,1-4H3,(H,35,44)(H,36,41)(H4,31,32,33,37,38)/t17?,18-,20?,22-,23-,28?/m1/s1. The first-order valence-electron chi connectivity index (χ1n) is 15.1. The Hall–Kier alpha value is -4.75. The van der Waals surface area contributed by atoms with Crippen LogP contribution in [-0.4, -0.2) is 114 Å². The highest BCUT2D eigenvalue weighted by atomic mass is 16.6. The summed E-state index contributed by atoms with van der Waals surface area (Å²) < 4.78 is 10.5. The Labute approximate surface area is 275 Å². The van der Waals surface area contributed by atoms with E-state index in [9.17, 15) is 34.8 Å². The number of aliphatic hydroxyl groups is 4. The summed E-state index contributed by atoms with van der Waals surface area (Å²) in [6, 6.07) is 3.91. The highest BCUT2D eigenvalue weighted by Crippen LogP contribution is 2.21. The molecule has 2 aromatic heterocycles. The first kappa shape index (κ1) is 36.1. The van der Waals surface area contributed by atoms with Crippen LogP contribution in [0.5, 0.6) is 0 Å². The molecule has 3 aromatic rings. The van der Waals surface area contributed by atoms with Gasteiger partial charge in [0.2, 0.25) is 11.9 Å². The molecule has 1 aliphatic heterocycles. The van der Waals surface area contributed by atoms with E-state index in [1.165, 1.54) is 0 Å². The highest BCUT2D eigenvalue weighted by molar-refractivity contribution is 5.97. The van der Waals surface area contributed by atoms with Gasteiger partial charge in [-0.3, -0.25) is 9.59 Å². The second-order valence-corrected chi connectivity index (χ2v) is 12.3. The minimum Gasteiger partial charge on any atom is -0.458 e. The number of benzene rings is 1. The number of nitrogens with two attached hydrogens (primary N) is 2. The van der Waals surface area contributed by atoms with Gasteiger partial charge in [0.05, 0.1) is 25.0 Å². The second-order valence-electron chi connectivity index (χ2n) is 12.3. The quantitative estimate of drug-likeness (QED) is 0.106. The van der Waals surface area contributed by atoms with Crippen LogP contribution >= 0.6 is 0 Å². The zero-order chi connectivity index (χ0) is 35.3. The van der Waals surface area contributed by atoms with Gasteiger partial charge < -0.3 is 56.9 Å². The molecule has 0 saturated carbocycles. The van der Waals surface area contributed by atoms with E-state index in [2.05, 4.69) is 30.6 Å². The van der Waals surface area contributed by atoms with E-state index >= 15 is 0 Å². The maximum atomic E-state index is 13.2. The normalized spacial score (nSPS) is 21.7. The van der Waals surface area contributed by atoms with Gasteiger partial charge >= 0.3 is 5.97 Å². The molecule has 4 rings (SSSR count). The summed E-state index contributed by atoms with van der Waals surface area (Å²) in [7, 11) is 1.82. The summed E-state index contributed by atoms with van der Waals surface area (Å²) in [6.45, 7) is 4.65. The molecule has 3 heterocycles. The minimum atomic E-state index is -1.71. The molecule has 0 spiro atoms. The Morgan fingerprint density at radius 2 is 1.75 bits per heavy atom. The monoisotopic (exact) mass is 671 g/mol. The summed E-state index contributed by atoms with van der Waals surface area (Å²) in [6.07, 6.45) is -5.11. The topological polar surface area (TPSA) is 281 Å². The molecule has 48 heavy (non-hydrogen) atoms. The van der Waals surface area contributed by atoms with Crippen molar-refractivity contribution in [1.29, 1.82) is 0 Å². The van der Waals surface area contributed by atoms with Crippen molar-refractivity contribution < 1.29 is 44.3 Å². The molecule has 1 fully saturated rings. The summed E-state index contributed by atoms with van der Waals surface area (Å²) in [5, 5.41) is 44.8. The number of hydrogen-bond acceptors (Lipinski definition) is 16. The van der Waals surface area contributed by atoms with Gasteiger partial charge in [0.15, 0.2) is 23.3 Å². The van der Waals surface area contributed by atoms with Crippen molar-refractivity contribution in [2.45, 2.75) is 82.4 Å². The molecule has 0 bridgehead atoms. The van der Waals surface area contributed by atoms with Gasteiger partial charge in [-0.25, -0.2) is 14.8 Å². The molecule has 2 amide bonds. The van der Waals surface area contributed by atoms with Gasteiger partial charge in [-0.2, -0.15) is 9.97 Å². The molecule has 1 aromatic carbocycles. The zero-order valence-corrected chi connectivity index (χ0v) is 26.9. The van der Waals surface area contributed by atoms with Gasteiger partial charge in [0.1, 0.15) is 36.0 Å². The van der Waals surface area contributed by atoms with E-state index in [4.69, 9.17) is 20.9 Å². The largest absolute Gasteiger partial charge is 0.458 e. The van der Waals surface area contributed by atoms with Crippen LogP contribution in [0.1, 0.15) is 49.7 Å². The van der Waals surface area contributed by atoms with Crippen LogP contribution in [0.15, 0.2) is 30.5 Å². The Morgan fingerprint density at radius 1 is 1.06 bits per heavy atom. The Bertz CT molecular complexity index is 1620. The molecular formula is C30H41N9O9. The number of ether oxygens (including phenoxy) is 2. The SMILES string of the molecule is CN(Cc1cnc2nc(N)nc(N)c2n1)c1ccc(C(=O)NC(CCC(=O)NC2C(O)O[C@H](CO)[C@@H](O)[C@@H]2O)C(=O)OC(C)(C)C)cc1. The van der Waals surface area contributed by atoms with Crippen LogP contribution < -0.4 is 27.0 Å². The number of carbonyl (C=O) groups is 3. The molecule has 6 atom stereocenters. The van der Waals surface area contributed by atoms with Crippen molar-refractivity contribution >= 4 is 46.4 Å². The molecule has 18 heteroatoms. The first-order valence-corrected chi connectivity index (χ1v) is 15.1.